The van der Waals surface area contributed by atoms with Gasteiger partial charge in [-0.05, 0) is 6.42 Å². The van der Waals surface area contributed by atoms with E-state index in [9.17, 15) is 0 Å². The molecule has 3 rings (SSSR count). The first-order valence-electron chi connectivity index (χ1n) is 7.12. The molecular weight excluding hydrogens is 240 g/mol. The predicted molar refractivity (Wildman–Crippen MR) is 73.9 cm³/mol. The van der Waals surface area contributed by atoms with Crippen LogP contribution in [0.25, 0.3) is 0 Å². The van der Waals surface area contributed by atoms with E-state index >= 15 is 0 Å². The number of hydrogen-bond acceptors (Lipinski definition) is 4. The molecule has 0 saturated heterocycles. The normalized spacial score (nSPS) is 32.7. The van der Waals surface area contributed by atoms with Crippen LogP contribution in [0.3, 0.4) is 0 Å². The van der Waals surface area contributed by atoms with Crippen LogP contribution in [0.1, 0.15) is 31.7 Å². The van der Waals surface area contributed by atoms with E-state index in [1.807, 2.05) is 7.11 Å². The molecule has 106 valence electrons. The number of nitrogens with one attached hydrogen (secondary N) is 3. The Morgan fingerprint density at radius 1 is 1.53 bits per heavy atom. The summed E-state index contributed by atoms with van der Waals surface area (Å²) < 4.78 is 5.49. The number of methoxy groups -OCH3 is 1. The molecule has 1 fully saturated rings. The number of rotatable bonds is 4. The van der Waals surface area contributed by atoms with E-state index in [1.54, 1.807) is 6.33 Å². The largest absolute Gasteiger partial charge is 0.381 e. The molecule has 0 aromatic carbocycles. The summed E-state index contributed by atoms with van der Waals surface area (Å²) >= 11 is 0. The van der Waals surface area contributed by atoms with Crippen molar-refractivity contribution in [2.75, 3.05) is 13.7 Å². The predicted octanol–water partition coefficient (Wildman–Crippen LogP) is 0.827. The number of nitrogens with zero attached hydrogens (tertiary/aromatic N) is 1. The summed E-state index contributed by atoms with van der Waals surface area (Å²) in [5.74, 6) is 0. The zero-order chi connectivity index (χ0) is 13.5. The van der Waals surface area contributed by atoms with Crippen molar-refractivity contribution < 1.29 is 4.74 Å². The average Bonchev–Trinajstić information content (AvgIpc) is 2.85. The van der Waals surface area contributed by atoms with Gasteiger partial charge in [-0.2, -0.15) is 0 Å². The smallest absolute Gasteiger partial charge is 0.0925 e. The lowest BCUT2D eigenvalue weighted by Crippen LogP contribution is -2.62. The van der Waals surface area contributed by atoms with E-state index in [1.165, 1.54) is 11.4 Å². The zero-order valence-corrected chi connectivity index (χ0v) is 12.0. The Balaban J connectivity index is 1.49. The van der Waals surface area contributed by atoms with E-state index < -0.39 is 0 Å². The minimum absolute atomic E-state index is 0.237. The maximum absolute atomic E-state index is 5.49. The quantitative estimate of drug-likeness (QED) is 0.754. The molecule has 19 heavy (non-hydrogen) atoms. The molecule has 0 radical (unpaired) electrons. The van der Waals surface area contributed by atoms with Gasteiger partial charge in [0.1, 0.15) is 0 Å². The molecule has 3 unspecified atom stereocenters. The molecule has 0 spiro atoms. The number of aromatic nitrogens is 2. The maximum Gasteiger partial charge on any atom is 0.0925 e. The molecule has 2 heterocycles. The van der Waals surface area contributed by atoms with Gasteiger partial charge in [-0.3, -0.25) is 0 Å². The Morgan fingerprint density at radius 2 is 2.37 bits per heavy atom. The first-order chi connectivity index (χ1) is 9.11. The Bertz CT molecular complexity index is 442. The van der Waals surface area contributed by atoms with Crippen molar-refractivity contribution in [2.45, 2.75) is 51.4 Å². The van der Waals surface area contributed by atoms with Gasteiger partial charge in [0.15, 0.2) is 0 Å². The highest BCUT2D eigenvalue weighted by Crippen LogP contribution is 2.42. The Hall–Kier alpha value is -0.910. The Labute approximate surface area is 114 Å². The van der Waals surface area contributed by atoms with Crippen LogP contribution in [0.15, 0.2) is 6.33 Å². The van der Waals surface area contributed by atoms with Crippen LogP contribution < -0.4 is 10.6 Å². The van der Waals surface area contributed by atoms with Crippen molar-refractivity contribution in [1.29, 1.82) is 0 Å². The summed E-state index contributed by atoms with van der Waals surface area (Å²) in [5.41, 5.74) is 2.69. The topological polar surface area (TPSA) is 62.0 Å². The van der Waals surface area contributed by atoms with Gasteiger partial charge in [0.2, 0.25) is 0 Å². The third kappa shape index (κ3) is 2.30. The molecule has 2 aliphatic rings. The molecule has 5 nitrogen and oxygen atoms in total. The number of ether oxygens (including phenoxy) is 1. The minimum atomic E-state index is 0.237. The fourth-order valence-electron chi connectivity index (χ4n) is 3.29. The van der Waals surface area contributed by atoms with Gasteiger partial charge in [0.05, 0.1) is 23.8 Å². The summed E-state index contributed by atoms with van der Waals surface area (Å²) in [4.78, 5) is 7.56. The summed E-state index contributed by atoms with van der Waals surface area (Å²) in [6, 6.07) is 1.04. The molecule has 5 heteroatoms. The molecule has 0 bridgehead atoms. The van der Waals surface area contributed by atoms with Gasteiger partial charge in [-0.25, -0.2) is 4.98 Å². The molecule has 1 aromatic rings. The molecule has 3 N–H and O–H groups in total. The number of imidazole rings is 1. The highest BCUT2D eigenvalue weighted by Gasteiger charge is 2.48. The first kappa shape index (κ1) is 13.1. The zero-order valence-electron chi connectivity index (χ0n) is 12.0. The number of aromatic amines is 1. The molecule has 1 aliphatic heterocycles. The van der Waals surface area contributed by atoms with Crippen LogP contribution >= 0.6 is 0 Å². The standard InChI is InChI=1S/C14H24N4O/c1-14(2)12(5-13(14)19-3)16-6-9-4-10-11(7-15-9)18-8-17-10/h8-9,12-13,15-16H,4-7H2,1-3H3,(H,17,18). The van der Waals surface area contributed by atoms with Crippen LogP contribution in [-0.4, -0.2) is 41.8 Å². The van der Waals surface area contributed by atoms with Gasteiger partial charge >= 0.3 is 0 Å². The maximum atomic E-state index is 5.49. The first-order valence-corrected chi connectivity index (χ1v) is 7.12. The second-order valence-electron chi connectivity index (χ2n) is 6.35. The Morgan fingerprint density at radius 3 is 3.11 bits per heavy atom. The van der Waals surface area contributed by atoms with E-state index in [0.717, 1.165) is 25.9 Å². The van der Waals surface area contributed by atoms with Gasteiger partial charge in [-0.15, -0.1) is 0 Å². The van der Waals surface area contributed by atoms with E-state index in [2.05, 4.69) is 34.4 Å². The van der Waals surface area contributed by atoms with Gasteiger partial charge in [0.25, 0.3) is 0 Å². The third-order valence-corrected chi connectivity index (χ3v) is 4.89. The number of hydrogen-bond donors (Lipinski definition) is 3. The highest BCUT2D eigenvalue weighted by atomic mass is 16.5. The minimum Gasteiger partial charge on any atom is -0.381 e. The SMILES string of the molecule is COC1CC(NCC2Cc3nc[nH]c3CN2)C1(C)C. The molecular formula is C14H24N4O. The summed E-state index contributed by atoms with van der Waals surface area (Å²) in [7, 11) is 1.81. The lowest BCUT2D eigenvalue weighted by atomic mass is 9.64. The van der Waals surface area contributed by atoms with Crippen molar-refractivity contribution in [3.8, 4) is 0 Å². The van der Waals surface area contributed by atoms with Crippen molar-refractivity contribution in [3.63, 3.8) is 0 Å². The molecule has 0 amide bonds. The van der Waals surface area contributed by atoms with Gasteiger partial charge in [-0.1, -0.05) is 13.8 Å². The highest BCUT2D eigenvalue weighted by molar-refractivity contribution is 5.16. The summed E-state index contributed by atoms with van der Waals surface area (Å²) in [5, 5.41) is 7.24. The van der Waals surface area contributed by atoms with Crippen molar-refractivity contribution >= 4 is 0 Å². The van der Waals surface area contributed by atoms with Gasteiger partial charge in [0, 0.05) is 44.1 Å². The molecule has 1 aliphatic carbocycles. The number of fused-ring (bicyclic) bond motifs is 1. The summed E-state index contributed by atoms with van der Waals surface area (Å²) in [6.07, 6.45) is 4.30. The van der Waals surface area contributed by atoms with Crippen LogP contribution in [-0.2, 0) is 17.7 Å². The third-order valence-electron chi connectivity index (χ3n) is 4.89. The Kier molecular flexibility index (Phi) is 3.37. The summed E-state index contributed by atoms with van der Waals surface area (Å²) in [6.45, 7) is 6.46. The number of H-pyrrole nitrogens is 1. The van der Waals surface area contributed by atoms with Crippen LogP contribution in [0.2, 0.25) is 0 Å². The fraction of sp³-hybridized carbons (Fsp3) is 0.786. The molecule has 1 saturated carbocycles. The molecule has 3 atom stereocenters. The fourth-order valence-corrected chi connectivity index (χ4v) is 3.29. The van der Waals surface area contributed by atoms with Crippen molar-refractivity contribution in [1.82, 2.24) is 20.6 Å². The van der Waals surface area contributed by atoms with Crippen LogP contribution in [0.4, 0.5) is 0 Å². The second-order valence-corrected chi connectivity index (χ2v) is 6.35. The van der Waals surface area contributed by atoms with Crippen LogP contribution in [0.5, 0.6) is 0 Å². The average molecular weight is 264 g/mol. The monoisotopic (exact) mass is 264 g/mol. The second kappa shape index (κ2) is 4.89. The van der Waals surface area contributed by atoms with Gasteiger partial charge < -0.3 is 20.4 Å². The van der Waals surface area contributed by atoms with Crippen LogP contribution in [0, 0.1) is 5.41 Å². The van der Waals surface area contributed by atoms with E-state index in [0.29, 0.717) is 18.2 Å². The lowest BCUT2D eigenvalue weighted by Gasteiger charge is -2.51. The van der Waals surface area contributed by atoms with E-state index in [4.69, 9.17) is 4.74 Å². The van der Waals surface area contributed by atoms with Crippen molar-refractivity contribution in [3.05, 3.63) is 17.7 Å². The lowest BCUT2D eigenvalue weighted by molar-refractivity contribution is -0.0977. The molecule has 1 aromatic heterocycles. The van der Waals surface area contributed by atoms with E-state index in [-0.39, 0.29) is 5.41 Å². The van der Waals surface area contributed by atoms with Crippen molar-refractivity contribution in [2.24, 2.45) is 5.41 Å².